The molecule has 0 saturated heterocycles. The molecule has 0 aliphatic heterocycles. The van der Waals surface area contributed by atoms with Gasteiger partial charge in [-0.05, 0) is 42.3 Å². The zero-order chi connectivity index (χ0) is 19.6. The smallest absolute Gasteiger partial charge is 0.276 e. The number of carbonyl (C=O) groups is 2. The van der Waals surface area contributed by atoms with Gasteiger partial charge in [-0.3, -0.25) is 20.4 Å². The summed E-state index contributed by atoms with van der Waals surface area (Å²) in [5, 5.41) is 0. The fourth-order valence-corrected chi connectivity index (χ4v) is 2.17. The van der Waals surface area contributed by atoms with Gasteiger partial charge in [0.1, 0.15) is 17.2 Å². The molecule has 2 amide bonds. The van der Waals surface area contributed by atoms with E-state index in [0.717, 1.165) is 11.1 Å². The number of hydrazine groups is 1. The van der Waals surface area contributed by atoms with Crippen molar-refractivity contribution in [3.8, 4) is 17.2 Å². The van der Waals surface area contributed by atoms with E-state index in [0.29, 0.717) is 17.2 Å². The largest absolute Gasteiger partial charge is 0.497 e. The maximum Gasteiger partial charge on any atom is 0.276 e. The Morgan fingerprint density at radius 3 is 2.30 bits per heavy atom. The third kappa shape index (κ3) is 6.39. The Bertz CT molecular complexity index is 811. The molecule has 2 N–H and O–H groups in total. The molecule has 142 valence electrons. The van der Waals surface area contributed by atoms with Gasteiger partial charge in [-0.2, -0.15) is 0 Å². The molecule has 0 aliphatic carbocycles. The third-order valence-electron chi connectivity index (χ3n) is 3.58. The van der Waals surface area contributed by atoms with Crippen LogP contribution in [0.15, 0.2) is 48.5 Å². The lowest BCUT2D eigenvalue weighted by molar-refractivity contribution is -0.128. The van der Waals surface area contributed by atoms with Gasteiger partial charge in [0.05, 0.1) is 14.2 Å². The molecule has 7 nitrogen and oxygen atoms in total. The van der Waals surface area contributed by atoms with E-state index in [2.05, 4.69) is 10.9 Å². The average molecular weight is 370 g/mol. The number of nitrogens with one attached hydrogen (secondary N) is 2. The van der Waals surface area contributed by atoms with Crippen LogP contribution in [0.1, 0.15) is 11.1 Å². The van der Waals surface area contributed by atoms with E-state index in [1.54, 1.807) is 44.6 Å². The number of hydrogen-bond donors (Lipinski definition) is 2. The van der Waals surface area contributed by atoms with Crippen LogP contribution < -0.4 is 25.1 Å². The number of methoxy groups -OCH3 is 2. The van der Waals surface area contributed by atoms with Gasteiger partial charge in [0.25, 0.3) is 11.8 Å². The number of aryl methyl sites for hydroxylation is 1. The molecule has 0 spiro atoms. The second-order valence-electron chi connectivity index (χ2n) is 5.57. The Balaban J connectivity index is 1.82. The van der Waals surface area contributed by atoms with E-state index >= 15 is 0 Å². The van der Waals surface area contributed by atoms with Crippen LogP contribution in [0.25, 0.3) is 6.08 Å². The predicted molar refractivity (Wildman–Crippen MR) is 102 cm³/mol. The molecular formula is C20H22N2O5. The Kier molecular flexibility index (Phi) is 7.25. The standard InChI is InChI=1S/C20H22N2O5/c1-14-6-4-5-7-18(14)27-13-20(24)22-21-19(23)9-8-15-10-16(25-2)12-17(11-15)26-3/h4-12H,13H2,1-3H3,(H,21,23)(H,22,24)/b9-8+. The summed E-state index contributed by atoms with van der Waals surface area (Å²) in [6.45, 7) is 1.68. The summed E-state index contributed by atoms with van der Waals surface area (Å²) in [7, 11) is 3.09. The molecule has 2 rings (SSSR count). The van der Waals surface area contributed by atoms with Crippen molar-refractivity contribution >= 4 is 17.9 Å². The van der Waals surface area contributed by atoms with Crippen molar-refractivity contribution in [1.82, 2.24) is 10.9 Å². The second-order valence-corrected chi connectivity index (χ2v) is 5.57. The van der Waals surface area contributed by atoms with Crippen LogP contribution in [-0.4, -0.2) is 32.6 Å². The summed E-state index contributed by atoms with van der Waals surface area (Å²) in [6, 6.07) is 12.6. The lowest BCUT2D eigenvalue weighted by Gasteiger charge is -2.09. The molecule has 2 aromatic rings. The van der Waals surface area contributed by atoms with Crippen molar-refractivity contribution in [2.75, 3.05) is 20.8 Å². The van der Waals surface area contributed by atoms with Crippen LogP contribution in [0.5, 0.6) is 17.2 Å². The Hall–Kier alpha value is -3.48. The number of carbonyl (C=O) groups excluding carboxylic acids is 2. The van der Waals surface area contributed by atoms with Gasteiger partial charge in [0, 0.05) is 12.1 Å². The van der Waals surface area contributed by atoms with Crippen molar-refractivity contribution in [2.45, 2.75) is 6.92 Å². The van der Waals surface area contributed by atoms with Crippen molar-refractivity contribution in [2.24, 2.45) is 0 Å². The normalized spacial score (nSPS) is 10.3. The van der Waals surface area contributed by atoms with Gasteiger partial charge in [-0.15, -0.1) is 0 Å². The van der Waals surface area contributed by atoms with Crippen LogP contribution >= 0.6 is 0 Å². The molecule has 0 aromatic heterocycles. The van der Waals surface area contributed by atoms with Gasteiger partial charge in [-0.1, -0.05) is 18.2 Å². The minimum atomic E-state index is -0.485. The summed E-state index contributed by atoms with van der Waals surface area (Å²) >= 11 is 0. The minimum Gasteiger partial charge on any atom is -0.497 e. The second kappa shape index (κ2) is 9.86. The highest BCUT2D eigenvalue weighted by Gasteiger charge is 2.05. The number of ether oxygens (including phenoxy) is 3. The highest BCUT2D eigenvalue weighted by molar-refractivity contribution is 5.93. The molecule has 0 unspecified atom stereocenters. The number of hydrogen-bond acceptors (Lipinski definition) is 5. The lowest BCUT2D eigenvalue weighted by atomic mass is 10.2. The molecule has 27 heavy (non-hydrogen) atoms. The average Bonchev–Trinajstić information content (AvgIpc) is 2.69. The fraction of sp³-hybridized carbons (Fsp3) is 0.200. The molecule has 0 saturated carbocycles. The summed E-state index contributed by atoms with van der Waals surface area (Å²) in [6.07, 6.45) is 2.87. The number of amides is 2. The van der Waals surface area contributed by atoms with E-state index in [-0.39, 0.29) is 6.61 Å². The van der Waals surface area contributed by atoms with E-state index in [1.807, 2.05) is 25.1 Å². The van der Waals surface area contributed by atoms with Gasteiger partial charge in [0.2, 0.25) is 0 Å². The van der Waals surface area contributed by atoms with E-state index in [9.17, 15) is 9.59 Å². The van der Waals surface area contributed by atoms with Gasteiger partial charge < -0.3 is 14.2 Å². The highest BCUT2D eigenvalue weighted by Crippen LogP contribution is 2.23. The van der Waals surface area contributed by atoms with Gasteiger partial charge in [-0.25, -0.2) is 0 Å². The summed E-state index contributed by atoms with van der Waals surface area (Å²) in [5.41, 5.74) is 6.22. The van der Waals surface area contributed by atoms with E-state index in [1.165, 1.54) is 6.08 Å². The number of benzene rings is 2. The maximum absolute atomic E-state index is 11.8. The molecule has 0 aliphatic rings. The first-order valence-corrected chi connectivity index (χ1v) is 8.20. The van der Waals surface area contributed by atoms with Crippen LogP contribution in [0.2, 0.25) is 0 Å². The van der Waals surface area contributed by atoms with Crippen molar-refractivity contribution < 1.29 is 23.8 Å². The highest BCUT2D eigenvalue weighted by atomic mass is 16.5. The predicted octanol–water partition coefficient (Wildman–Crippen LogP) is 2.25. The fourth-order valence-electron chi connectivity index (χ4n) is 2.17. The van der Waals surface area contributed by atoms with Crippen LogP contribution in [-0.2, 0) is 9.59 Å². The monoisotopic (exact) mass is 370 g/mol. The number of para-hydroxylation sites is 1. The first-order chi connectivity index (χ1) is 13.0. The topological polar surface area (TPSA) is 85.9 Å². The first kappa shape index (κ1) is 19.8. The van der Waals surface area contributed by atoms with E-state index in [4.69, 9.17) is 14.2 Å². The molecule has 0 atom stereocenters. The quantitative estimate of drug-likeness (QED) is 0.577. The summed E-state index contributed by atoms with van der Waals surface area (Å²) in [4.78, 5) is 23.6. The van der Waals surface area contributed by atoms with Gasteiger partial charge in [0.15, 0.2) is 6.61 Å². The van der Waals surface area contributed by atoms with Crippen LogP contribution in [0.4, 0.5) is 0 Å². The molecule has 2 aromatic carbocycles. The molecule has 7 heteroatoms. The lowest BCUT2D eigenvalue weighted by Crippen LogP contribution is -2.43. The molecule has 0 fully saturated rings. The minimum absolute atomic E-state index is 0.206. The molecule has 0 radical (unpaired) electrons. The van der Waals surface area contributed by atoms with Crippen molar-refractivity contribution in [3.63, 3.8) is 0 Å². The third-order valence-corrected chi connectivity index (χ3v) is 3.58. The van der Waals surface area contributed by atoms with Crippen molar-refractivity contribution in [1.29, 1.82) is 0 Å². The van der Waals surface area contributed by atoms with Crippen LogP contribution in [0.3, 0.4) is 0 Å². The summed E-state index contributed by atoms with van der Waals surface area (Å²) < 4.78 is 15.7. The summed E-state index contributed by atoms with van der Waals surface area (Å²) in [5.74, 6) is 0.877. The molecule has 0 bridgehead atoms. The van der Waals surface area contributed by atoms with E-state index < -0.39 is 11.8 Å². The molecule has 0 heterocycles. The maximum atomic E-state index is 11.8. The Labute approximate surface area is 157 Å². The van der Waals surface area contributed by atoms with Crippen LogP contribution in [0, 0.1) is 6.92 Å². The van der Waals surface area contributed by atoms with Crippen molar-refractivity contribution in [3.05, 3.63) is 59.7 Å². The Morgan fingerprint density at radius 2 is 1.67 bits per heavy atom. The zero-order valence-electron chi connectivity index (χ0n) is 15.4. The molecular weight excluding hydrogens is 348 g/mol. The van der Waals surface area contributed by atoms with Gasteiger partial charge >= 0.3 is 0 Å². The SMILES string of the molecule is COc1cc(/C=C/C(=O)NNC(=O)COc2ccccc2C)cc(OC)c1. The zero-order valence-corrected chi connectivity index (χ0v) is 15.4. The first-order valence-electron chi connectivity index (χ1n) is 8.20. The number of rotatable bonds is 7. The Morgan fingerprint density at radius 1 is 1.00 bits per heavy atom.